The minimum absolute atomic E-state index is 0.0877. The van der Waals surface area contributed by atoms with E-state index in [0.29, 0.717) is 18.7 Å². The van der Waals surface area contributed by atoms with Crippen molar-refractivity contribution in [1.82, 2.24) is 10.6 Å². The first-order valence-corrected chi connectivity index (χ1v) is 13.1. The normalized spacial score (nSPS) is 11.4. The maximum atomic E-state index is 13.1. The average molecular weight is 507 g/mol. The van der Waals surface area contributed by atoms with Crippen LogP contribution in [-0.4, -0.2) is 25.1 Å². The molecule has 0 saturated heterocycles. The van der Waals surface area contributed by atoms with Gasteiger partial charge in [-0.1, -0.05) is 97.9 Å². The molecule has 2 amide bonds. The monoisotopic (exact) mass is 506 g/mol. The maximum Gasteiger partial charge on any atom is 0.407 e. The zero-order valence-corrected chi connectivity index (χ0v) is 21.7. The molecule has 1 atom stereocenters. The van der Waals surface area contributed by atoms with E-state index in [-0.39, 0.29) is 18.4 Å². The van der Waals surface area contributed by atoms with Crippen molar-refractivity contribution in [2.45, 2.75) is 26.4 Å². The Morgan fingerprint density at radius 2 is 1.26 bits per heavy atom. The number of amides is 2. The van der Waals surface area contributed by atoms with Gasteiger partial charge in [0.1, 0.15) is 6.61 Å². The number of rotatable bonds is 11. The van der Waals surface area contributed by atoms with Gasteiger partial charge in [0, 0.05) is 18.7 Å². The third-order valence-corrected chi connectivity index (χ3v) is 6.38. The second kappa shape index (κ2) is 13.8. The molecule has 0 fully saturated rings. The first kappa shape index (κ1) is 26.7. The van der Waals surface area contributed by atoms with Crippen LogP contribution in [0, 0.1) is 5.92 Å². The molecule has 0 heterocycles. The standard InChI is InChI=1S/C33H34N2O3/c1-25(23-35-33(37)38-24-26-13-5-2-6-14-26)12-11-19-34-32(36)31-21-29(27-15-7-3-8-16-27)20-30(22-31)28-17-9-4-10-18-28/h2-10,13-18,20-22,25H,11-12,19,23-24H2,1H3,(H,34,36)(H,35,37)/t25-/m0/s1. The number of ether oxygens (including phenoxy) is 1. The fraction of sp³-hybridized carbons (Fsp3) is 0.212. The molecule has 0 saturated carbocycles. The molecule has 0 spiro atoms. The van der Waals surface area contributed by atoms with Gasteiger partial charge < -0.3 is 15.4 Å². The molecule has 0 aliphatic heterocycles. The molecular weight excluding hydrogens is 472 g/mol. The van der Waals surface area contributed by atoms with Gasteiger partial charge in [-0.15, -0.1) is 0 Å². The lowest BCUT2D eigenvalue weighted by atomic mass is 9.96. The van der Waals surface area contributed by atoms with Crippen LogP contribution in [0.5, 0.6) is 0 Å². The van der Waals surface area contributed by atoms with Crippen LogP contribution in [0.15, 0.2) is 109 Å². The molecule has 0 unspecified atom stereocenters. The Morgan fingerprint density at radius 3 is 1.84 bits per heavy atom. The summed E-state index contributed by atoms with van der Waals surface area (Å²) in [7, 11) is 0. The van der Waals surface area contributed by atoms with E-state index in [0.717, 1.165) is 40.7 Å². The number of hydrogen-bond acceptors (Lipinski definition) is 3. The second-order valence-corrected chi connectivity index (χ2v) is 9.48. The van der Waals surface area contributed by atoms with Crippen LogP contribution in [0.2, 0.25) is 0 Å². The van der Waals surface area contributed by atoms with Crippen molar-refractivity contribution in [3.63, 3.8) is 0 Å². The van der Waals surface area contributed by atoms with E-state index < -0.39 is 6.09 Å². The SMILES string of the molecule is C[C@@H](CCCNC(=O)c1cc(-c2ccccc2)cc(-c2ccccc2)c1)CNC(=O)OCc1ccccc1. The molecule has 0 aliphatic carbocycles. The molecule has 4 rings (SSSR count). The number of nitrogens with one attached hydrogen (secondary N) is 2. The molecule has 2 N–H and O–H groups in total. The Labute approximate surface area is 224 Å². The molecule has 4 aromatic rings. The summed E-state index contributed by atoms with van der Waals surface area (Å²) in [5.41, 5.74) is 5.76. The summed E-state index contributed by atoms with van der Waals surface area (Å²) in [5, 5.41) is 5.89. The first-order chi connectivity index (χ1) is 18.6. The zero-order valence-electron chi connectivity index (χ0n) is 21.7. The molecule has 0 aliphatic rings. The van der Waals surface area contributed by atoms with Crippen molar-refractivity contribution in [2.24, 2.45) is 5.92 Å². The van der Waals surface area contributed by atoms with E-state index in [1.807, 2.05) is 78.9 Å². The van der Waals surface area contributed by atoms with Gasteiger partial charge >= 0.3 is 6.09 Å². The Hall–Kier alpha value is -4.38. The van der Waals surface area contributed by atoms with Gasteiger partial charge in [0.25, 0.3) is 5.91 Å². The van der Waals surface area contributed by atoms with Gasteiger partial charge in [0.15, 0.2) is 0 Å². The van der Waals surface area contributed by atoms with Crippen molar-refractivity contribution >= 4 is 12.0 Å². The van der Waals surface area contributed by atoms with Crippen molar-refractivity contribution in [3.05, 3.63) is 120 Å². The lowest BCUT2D eigenvalue weighted by Gasteiger charge is -2.14. The minimum atomic E-state index is -0.415. The highest BCUT2D eigenvalue weighted by atomic mass is 16.5. The van der Waals surface area contributed by atoms with Crippen molar-refractivity contribution in [2.75, 3.05) is 13.1 Å². The smallest absolute Gasteiger partial charge is 0.407 e. The Balaban J connectivity index is 1.26. The molecule has 194 valence electrons. The Morgan fingerprint density at radius 1 is 0.711 bits per heavy atom. The van der Waals surface area contributed by atoms with Crippen LogP contribution >= 0.6 is 0 Å². The average Bonchev–Trinajstić information content (AvgIpc) is 2.98. The third kappa shape index (κ3) is 8.07. The molecule has 38 heavy (non-hydrogen) atoms. The van der Waals surface area contributed by atoms with Gasteiger partial charge in [-0.2, -0.15) is 0 Å². The largest absolute Gasteiger partial charge is 0.445 e. The number of benzene rings is 4. The highest BCUT2D eigenvalue weighted by molar-refractivity contribution is 5.97. The summed E-state index contributed by atoms with van der Waals surface area (Å²) in [4.78, 5) is 25.0. The summed E-state index contributed by atoms with van der Waals surface area (Å²) >= 11 is 0. The first-order valence-electron chi connectivity index (χ1n) is 13.1. The van der Waals surface area contributed by atoms with Crippen LogP contribution in [0.4, 0.5) is 4.79 Å². The molecule has 0 aromatic heterocycles. The van der Waals surface area contributed by atoms with Crippen LogP contribution in [0.3, 0.4) is 0 Å². The van der Waals surface area contributed by atoms with Crippen LogP contribution in [-0.2, 0) is 11.3 Å². The predicted octanol–water partition coefficient (Wildman–Crippen LogP) is 7.09. The van der Waals surface area contributed by atoms with E-state index in [1.54, 1.807) is 0 Å². The lowest BCUT2D eigenvalue weighted by Crippen LogP contribution is -2.29. The highest BCUT2D eigenvalue weighted by Gasteiger charge is 2.12. The van der Waals surface area contributed by atoms with E-state index in [9.17, 15) is 9.59 Å². The predicted molar refractivity (Wildman–Crippen MR) is 153 cm³/mol. The van der Waals surface area contributed by atoms with Crippen molar-refractivity contribution in [3.8, 4) is 22.3 Å². The topological polar surface area (TPSA) is 67.4 Å². The van der Waals surface area contributed by atoms with E-state index in [4.69, 9.17) is 4.74 Å². The number of alkyl carbamates (subject to hydrolysis) is 1. The zero-order chi connectivity index (χ0) is 26.6. The fourth-order valence-corrected chi connectivity index (χ4v) is 4.24. The number of hydrogen-bond donors (Lipinski definition) is 2. The van der Waals surface area contributed by atoms with Crippen molar-refractivity contribution in [1.29, 1.82) is 0 Å². The van der Waals surface area contributed by atoms with Crippen LogP contribution in [0.1, 0.15) is 35.7 Å². The van der Waals surface area contributed by atoms with Crippen LogP contribution in [0.25, 0.3) is 22.3 Å². The fourth-order valence-electron chi connectivity index (χ4n) is 4.24. The minimum Gasteiger partial charge on any atom is -0.445 e. The summed E-state index contributed by atoms with van der Waals surface area (Å²) in [5.74, 6) is 0.178. The lowest BCUT2D eigenvalue weighted by molar-refractivity contribution is 0.0952. The van der Waals surface area contributed by atoms with E-state index >= 15 is 0 Å². The molecule has 0 bridgehead atoms. The van der Waals surface area contributed by atoms with Gasteiger partial charge in [-0.25, -0.2) is 4.79 Å². The summed E-state index contributed by atoms with van der Waals surface area (Å²) in [6.45, 7) is 3.43. The molecular formula is C33H34N2O3. The molecule has 0 radical (unpaired) electrons. The molecule has 5 nitrogen and oxygen atoms in total. The highest BCUT2D eigenvalue weighted by Crippen LogP contribution is 2.28. The quantitative estimate of drug-likeness (QED) is 0.213. The third-order valence-electron chi connectivity index (χ3n) is 6.38. The van der Waals surface area contributed by atoms with E-state index in [2.05, 4.69) is 47.9 Å². The van der Waals surface area contributed by atoms with Crippen LogP contribution < -0.4 is 10.6 Å². The number of carbonyl (C=O) groups is 2. The maximum absolute atomic E-state index is 13.1. The van der Waals surface area contributed by atoms with E-state index in [1.165, 1.54) is 0 Å². The van der Waals surface area contributed by atoms with Crippen molar-refractivity contribution < 1.29 is 14.3 Å². The second-order valence-electron chi connectivity index (χ2n) is 9.48. The summed E-state index contributed by atoms with van der Waals surface area (Å²) in [6.07, 6.45) is 1.28. The Bertz CT molecular complexity index is 1250. The number of carbonyl (C=O) groups excluding carboxylic acids is 2. The van der Waals surface area contributed by atoms with Gasteiger partial charge in [0.2, 0.25) is 0 Å². The van der Waals surface area contributed by atoms with Gasteiger partial charge in [-0.3, -0.25) is 4.79 Å². The summed E-state index contributed by atoms with van der Waals surface area (Å²) in [6, 6.07) is 35.8. The molecule has 4 aromatic carbocycles. The van der Waals surface area contributed by atoms with Gasteiger partial charge in [-0.05, 0) is 64.8 Å². The molecule has 5 heteroatoms. The Kier molecular flexibility index (Phi) is 9.69. The van der Waals surface area contributed by atoms with Gasteiger partial charge in [0.05, 0.1) is 0 Å². The summed E-state index contributed by atoms with van der Waals surface area (Å²) < 4.78 is 5.26.